The van der Waals surface area contributed by atoms with Gasteiger partial charge in [0, 0.05) is 39.1 Å². The number of nitrogens with zero attached hydrogens (tertiary/aromatic N) is 1. The van der Waals surface area contributed by atoms with Gasteiger partial charge in [0.2, 0.25) is 0 Å². The Morgan fingerprint density at radius 3 is 2.63 bits per heavy atom. The van der Waals surface area contributed by atoms with Gasteiger partial charge in [-0.15, -0.1) is 0 Å². The summed E-state index contributed by atoms with van der Waals surface area (Å²) >= 11 is 4.90. The van der Waals surface area contributed by atoms with E-state index in [-0.39, 0.29) is 10.6 Å². The number of nitro groups is 1. The highest BCUT2D eigenvalue weighted by molar-refractivity contribution is 9.10. The molecule has 0 saturated heterocycles. The minimum absolute atomic E-state index is 0.0874. The Bertz CT molecular complexity index is 619. The van der Waals surface area contributed by atoms with Crippen LogP contribution < -0.4 is 5.32 Å². The van der Waals surface area contributed by atoms with E-state index in [0.29, 0.717) is 0 Å². The lowest BCUT2D eigenvalue weighted by Gasteiger charge is -2.06. The summed E-state index contributed by atoms with van der Waals surface area (Å²) in [5, 5.41) is 13.8. The van der Waals surface area contributed by atoms with Crippen molar-refractivity contribution >= 4 is 39.1 Å². The topological polar surface area (TPSA) is 55.2 Å². The summed E-state index contributed by atoms with van der Waals surface area (Å²) in [6.07, 6.45) is 0. The summed E-state index contributed by atoms with van der Waals surface area (Å²) in [6.45, 7) is 0. The lowest BCUT2D eigenvalue weighted by molar-refractivity contribution is -0.385. The molecule has 0 fully saturated rings. The zero-order valence-corrected chi connectivity index (χ0v) is 12.5. The molecule has 0 atom stereocenters. The maximum absolute atomic E-state index is 10.9. The number of nitrogens with one attached hydrogen (secondary N) is 1. The van der Waals surface area contributed by atoms with Crippen molar-refractivity contribution in [2.24, 2.45) is 0 Å². The van der Waals surface area contributed by atoms with Gasteiger partial charge in [-0.2, -0.15) is 0 Å². The van der Waals surface area contributed by atoms with E-state index in [2.05, 4.69) is 21.2 Å². The van der Waals surface area contributed by atoms with E-state index in [0.717, 1.165) is 20.0 Å². The van der Waals surface area contributed by atoms with Crippen LogP contribution in [0.5, 0.6) is 0 Å². The molecule has 4 nitrogen and oxygen atoms in total. The number of halogens is 1. The number of hydrogen-bond acceptors (Lipinski definition) is 4. The monoisotopic (exact) mass is 338 g/mol. The third-order valence-electron chi connectivity index (χ3n) is 2.42. The van der Waals surface area contributed by atoms with Crippen LogP contribution in [0.3, 0.4) is 0 Å². The van der Waals surface area contributed by atoms with Gasteiger partial charge in [-0.25, -0.2) is 0 Å². The molecule has 1 N–H and O–H groups in total. The molecule has 0 radical (unpaired) electrons. The van der Waals surface area contributed by atoms with Gasteiger partial charge in [0.1, 0.15) is 0 Å². The first-order valence-corrected chi connectivity index (χ1v) is 7.10. The number of hydrogen-bond donors (Lipinski definition) is 1. The Balaban J connectivity index is 2.34. The van der Waals surface area contributed by atoms with E-state index in [1.807, 2.05) is 30.3 Å². The Morgan fingerprint density at radius 1 is 1.21 bits per heavy atom. The Hall–Kier alpha value is -1.53. The van der Waals surface area contributed by atoms with Crippen molar-refractivity contribution in [1.82, 2.24) is 0 Å². The van der Waals surface area contributed by atoms with E-state index < -0.39 is 0 Å². The Labute approximate surface area is 123 Å². The molecule has 0 aliphatic rings. The van der Waals surface area contributed by atoms with Crippen molar-refractivity contribution in [3.8, 4) is 0 Å². The minimum Gasteiger partial charge on any atom is -0.388 e. The predicted molar refractivity (Wildman–Crippen MR) is 80.9 cm³/mol. The second-order valence-corrected chi connectivity index (χ2v) is 5.84. The largest absolute Gasteiger partial charge is 0.388 e. The highest BCUT2D eigenvalue weighted by Crippen LogP contribution is 2.33. The van der Waals surface area contributed by atoms with Crippen LogP contribution in [0.4, 0.5) is 11.4 Å². The van der Waals surface area contributed by atoms with Gasteiger partial charge in [0.15, 0.2) is 0 Å². The summed E-state index contributed by atoms with van der Waals surface area (Å²) in [4.78, 5) is 12.4. The van der Waals surface area contributed by atoms with Gasteiger partial charge >= 0.3 is 0 Å². The van der Waals surface area contributed by atoms with Crippen LogP contribution in [0.25, 0.3) is 0 Å². The number of non-ortho nitro benzene ring substituents is 1. The standard InChI is InChI=1S/C13H11BrN2O2S/c1-15-10-6-11(16(17)18)8-13(7-10)19-12-4-2-3-9(14)5-12/h2-8,15H,1H3. The highest BCUT2D eigenvalue weighted by Gasteiger charge is 2.10. The molecule has 0 spiro atoms. The quantitative estimate of drug-likeness (QED) is 0.656. The molecule has 0 aromatic heterocycles. The minimum atomic E-state index is -0.383. The van der Waals surface area contributed by atoms with Gasteiger partial charge in [0.25, 0.3) is 5.69 Å². The van der Waals surface area contributed by atoms with Crippen molar-refractivity contribution in [1.29, 1.82) is 0 Å². The van der Waals surface area contributed by atoms with E-state index in [9.17, 15) is 10.1 Å². The molecular formula is C13H11BrN2O2S. The van der Waals surface area contributed by atoms with Crippen LogP contribution in [0.2, 0.25) is 0 Å². The molecule has 6 heteroatoms. The molecule has 0 bridgehead atoms. The molecule has 98 valence electrons. The van der Waals surface area contributed by atoms with Crippen LogP contribution in [-0.4, -0.2) is 12.0 Å². The highest BCUT2D eigenvalue weighted by atomic mass is 79.9. The second kappa shape index (κ2) is 6.08. The molecule has 0 unspecified atom stereocenters. The molecule has 19 heavy (non-hydrogen) atoms. The van der Waals surface area contributed by atoms with E-state index in [1.54, 1.807) is 13.1 Å². The van der Waals surface area contributed by atoms with E-state index in [4.69, 9.17) is 0 Å². The van der Waals surface area contributed by atoms with Gasteiger partial charge in [0.05, 0.1) is 4.92 Å². The average molecular weight is 339 g/mol. The van der Waals surface area contributed by atoms with Crippen LogP contribution >= 0.6 is 27.7 Å². The third-order valence-corrected chi connectivity index (χ3v) is 3.88. The molecule has 2 aromatic carbocycles. The van der Waals surface area contributed by atoms with E-state index in [1.165, 1.54) is 17.8 Å². The smallest absolute Gasteiger partial charge is 0.272 e. The summed E-state index contributed by atoms with van der Waals surface area (Å²) < 4.78 is 0.983. The summed E-state index contributed by atoms with van der Waals surface area (Å²) in [5.74, 6) is 0. The first-order chi connectivity index (χ1) is 9.08. The molecule has 0 heterocycles. The van der Waals surface area contributed by atoms with Crippen molar-refractivity contribution in [2.75, 3.05) is 12.4 Å². The number of rotatable bonds is 4. The van der Waals surface area contributed by atoms with Crippen LogP contribution in [0, 0.1) is 10.1 Å². The SMILES string of the molecule is CNc1cc(Sc2cccc(Br)c2)cc([N+](=O)[O-])c1. The Morgan fingerprint density at radius 2 is 2.00 bits per heavy atom. The van der Waals surface area contributed by atoms with Gasteiger partial charge < -0.3 is 5.32 Å². The third kappa shape index (κ3) is 3.71. The van der Waals surface area contributed by atoms with E-state index >= 15 is 0 Å². The number of anilines is 1. The summed E-state index contributed by atoms with van der Waals surface area (Å²) in [6, 6.07) is 12.8. The van der Waals surface area contributed by atoms with Crippen molar-refractivity contribution < 1.29 is 4.92 Å². The lowest BCUT2D eigenvalue weighted by Crippen LogP contribution is -1.93. The van der Waals surface area contributed by atoms with Crippen molar-refractivity contribution in [2.45, 2.75) is 9.79 Å². The fraction of sp³-hybridized carbons (Fsp3) is 0.0769. The predicted octanol–water partition coefficient (Wildman–Crippen LogP) is 4.55. The number of benzene rings is 2. The van der Waals surface area contributed by atoms with Crippen LogP contribution in [0.15, 0.2) is 56.7 Å². The van der Waals surface area contributed by atoms with Crippen LogP contribution in [0.1, 0.15) is 0 Å². The zero-order chi connectivity index (χ0) is 13.8. The fourth-order valence-corrected chi connectivity index (χ4v) is 3.08. The van der Waals surface area contributed by atoms with Crippen molar-refractivity contribution in [3.63, 3.8) is 0 Å². The average Bonchev–Trinajstić information content (AvgIpc) is 2.38. The molecule has 0 amide bonds. The molecule has 2 rings (SSSR count). The molecular weight excluding hydrogens is 328 g/mol. The molecule has 2 aromatic rings. The van der Waals surface area contributed by atoms with Gasteiger partial charge in [-0.05, 0) is 24.3 Å². The van der Waals surface area contributed by atoms with Gasteiger partial charge in [-0.3, -0.25) is 10.1 Å². The van der Waals surface area contributed by atoms with Crippen molar-refractivity contribution in [3.05, 3.63) is 57.1 Å². The maximum atomic E-state index is 10.9. The Kier molecular flexibility index (Phi) is 4.44. The maximum Gasteiger partial charge on any atom is 0.272 e. The molecule has 0 saturated carbocycles. The second-order valence-electron chi connectivity index (χ2n) is 3.78. The molecule has 0 aliphatic heterocycles. The fourth-order valence-electron chi connectivity index (χ4n) is 1.56. The van der Waals surface area contributed by atoms with Gasteiger partial charge in [-0.1, -0.05) is 33.8 Å². The van der Waals surface area contributed by atoms with Crippen LogP contribution in [-0.2, 0) is 0 Å². The summed E-state index contributed by atoms with van der Waals surface area (Å²) in [7, 11) is 1.74. The normalized spacial score (nSPS) is 10.2. The zero-order valence-electron chi connectivity index (χ0n) is 10.1. The summed E-state index contributed by atoms with van der Waals surface area (Å²) in [5.41, 5.74) is 0.816. The first kappa shape index (κ1) is 13.9. The first-order valence-electron chi connectivity index (χ1n) is 5.49. The number of nitro benzene ring substituents is 1. The molecule has 0 aliphatic carbocycles. The lowest BCUT2D eigenvalue weighted by atomic mass is 10.3.